The third-order valence-corrected chi connectivity index (χ3v) is 3.75. The van der Waals surface area contributed by atoms with Crippen molar-refractivity contribution in [2.75, 3.05) is 37.3 Å². The molecule has 4 N–H and O–H groups in total. The summed E-state index contributed by atoms with van der Waals surface area (Å²) in [6.07, 6.45) is 2.78. The van der Waals surface area contributed by atoms with Crippen LogP contribution >= 0.6 is 0 Å². The van der Waals surface area contributed by atoms with E-state index in [0.717, 1.165) is 37.2 Å². The number of benzene rings is 1. The van der Waals surface area contributed by atoms with Gasteiger partial charge in [0.25, 0.3) is 0 Å². The summed E-state index contributed by atoms with van der Waals surface area (Å²) < 4.78 is 0. The van der Waals surface area contributed by atoms with Gasteiger partial charge in [0.2, 0.25) is 5.91 Å². The second kappa shape index (κ2) is 10.2. The molecule has 1 aromatic carbocycles. The van der Waals surface area contributed by atoms with Crippen LogP contribution in [0.4, 0.5) is 11.4 Å². The summed E-state index contributed by atoms with van der Waals surface area (Å²) in [6, 6.07) is 5.54. The number of aliphatic hydroxyl groups excluding tert-OH is 1. The van der Waals surface area contributed by atoms with Gasteiger partial charge in [0.05, 0.1) is 6.54 Å². The van der Waals surface area contributed by atoms with Crippen molar-refractivity contribution >= 4 is 17.3 Å². The molecular formula is C18H31N3O2. The van der Waals surface area contributed by atoms with Gasteiger partial charge in [-0.05, 0) is 62.0 Å². The number of amides is 1. The van der Waals surface area contributed by atoms with Crippen LogP contribution in [0.1, 0.15) is 39.2 Å². The van der Waals surface area contributed by atoms with E-state index in [1.807, 2.05) is 25.1 Å². The maximum Gasteiger partial charge on any atom is 0.238 e. The number of hydrogen-bond acceptors (Lipinski definition) is 4. The summed E-state index contributed by atoms with van der Waals surface area (Å²) in [5, 5.41) is 12.1. The summed E-state index contributed by atoms with van der Waals surface area (Å²) in [6.45, 7) is 8.61. The Morgan fingerprint density at radius 1 is 1.30 bits per heavy atom. The van der Waals surface area contributed by atoms with Crippen LogP contribution in [0.3, 0.4) is 0 Å². The van der Waals surface area contributed by atoms with E-state index in [4.69, 9.17) is 5.73 Å². The van der Waals surface area contributed by atoms with E-state index in [2.05, 4.69) is 24.1 Å². The quantitative estimate of drug-likeness (QED) is 0.579. The van der Waals surface area contributed by atoms with Crippen LogP contribution in [0.25, 0.3) is 0 Å². The molecule has 1 rings (SSSR count). The number of hydrogen-bond donors (Lipinski definition) is 3. The highest BCUT2D eigenvalue weighted by Crippen LogP contribution is 2.21. The van der Waals surface area contributed by atoms with Gasteiger partial charge in [0.15, 0.2) is 0 Å². The molecule has 0 aliphatic rings. The number of nitrogens with two attached hydrogens (primary N) is 1. The summed E-state index contributed by atoms with van der Waals surface area (Å²) in [5.74, 6) is 0.144. The Labute approximate surface area is 139 Å². The number of rotatable bonds is 10. The first-order valence-electron chi connectivity index (χ1n) is 8.51. The van der Waals surface area contributed by atoms with Crippen molar-refractivity contribution in [2.45, 2.75) is 40.0 Å². The Balaban J connectivity index is 2.68. The van der Waals surface area contributed by atoms with Crippen molar-refractivity contribution in [2.24, 2.45) is 5.92 Å². The molecule has 0 fully saturated rings. The number of nitrogens with zero attached hydrogens (tertiary/aromatic N) is 1. The lowest BCUT2D eigenvalue weighted by Crippen LogP contribution is -2.34. The lowest BCUT2D eigenvalue weighted by atomic mass is 10.00. The van der Waals surface area contributed by atoms with Gasteiger partial charge in [-0.25, -0.2) is 0 Å². The monoisotopic (exact) mass is 321 g/mol. The van der Waals surface area contributed by atoms with Gasteiger partial charge < -0.3 is 16.2 Å². The minimum atomic E-state index is -0.00201. The van der Waals surface area contributed by atoms with E-state index >= 15 is 0 Å². The average molecular weight is 321 g/mol. The second-order valence-corrected chi connectivity index (χ2v) is 6.23. The minimum Gasteiger partial charge on any atom is -0.399 e. The minimum absolute atomic E-state index is 0.00201. The smallest absolute Gasteiger partial charge is 0.238 e. The Morgan fingerprint density at radius 3 is 2.52 bits per heavy atom. The average Bonchev–Trinajstić information content (AvgIpc) is 2.51. The molecule has 0 bridgehead atoms. The van der Waals surface area contributed by atoms with Gasteiger partial charge in [-0.15, -0.1) is 0 Å². The number of anilines is 2. The third-order valence-electron chi connectivity index (χ3n) is 3.75. The number of carbonyl (C=O) groups is 1. The van der Waals surface area contributed by atoms with Gasteiger partial charge >= 0.3 is 0 Å². The number of nitrogen functional groups attached to an aromatic ring is 1. The van der Waals surface area contributed by atoms with E-state index in [9.17, 15) is 9.90 Å². The Bertz CT molecular complexity index is 485. The Morgan fingerprint density at radius 2 is 1.96 bits per heavy atom. The van der Waals surface area contributed by atoms with Crippen molar-refractivity contribution in [3.63, 3.8) is 0 Å². The molecule has 0 heterocycles. The predicted octanol–water partition coefficient (Wildman–Crippen LogP) is 2.50. The topological polar surface area (TPSA) is 78.6 Å². The summed E-state index contributed by atoms with van der Waals surface area (Å²) in [5.41, 5.74) is 8.40. The fraction of sp³-hybridized carbons (Fsp3) is 0.611. The van der Waals surface area contributed by atoms with Crippen molar-refractivity contribution in [3.05, 3.63) is 23.8 Å². The summed E-state index contributed by atoms with van der Waals surface area (Å²) in [4.78, 5) is 14.4. The SMILES string of the molecule is CCCN(CCC)CC(=O)Nc1ccc(N)c(CC(C)CO)c1. The van der Waals surface area contributed by atoms with Crippen LogP contribution in [0.2, 0.25) is 0 Å². The zero-order chi connectivity index (χ0) is 17.2. The Hall–Kier alpha value is -1.59. The zero-order valence-corrected chi connectivity index (χ0v) is 14.6. The summed E-state index contributed by atoms with van der Waals surface area (Å²) >= 11 is 0. The third kappa shape index (κ3) is 7.01. The first-order chi connectivity index (χ1) is 11.0. The van der Waals surface area contributed by atoms with Gasteiger partial charge in [-0.2, -0.15) is 0 Å². The fourth-order valence-electron chi connectivity index (χ4n) is 2.61. The molecule has 1 aromatic rings. The molecule has 130 valence electrons. The largest absolute Gasteiger partial charge is 0.399 e. The molecule has 5 heteroatoms. The molecule has 1 amide bonds. The molecule has 0 saturated heterocycles. The lowest BCUT2D eigenvalue weighted by molar-refractivity contribution is -0.117. The molecule has 0 radical (unpaired) electrons. The molecular weight excluding hydrogens is 290 g/mol. The molecule has 0 spiro atoms. The highest BCUT2D eigenvalue weighted by atomic mass is 16.3. The van der Waals surface area contributed by atoms with E-state index in [1.165, 1.54) is 0 Å². The van der Waals surface area contributed by atoms with E-state index in [0.29, 0.717) is 18.7 Å². The normalized spacial score (nSPS) is 12.4. The standard InChI is InChI=1S/C18H31N3O2/c1-4-8-21(9-5-2)12-18(23)20-16-6-7-17(19)15(11-16)10-14(3)13-22/h6-7,11,14,22H,4-5,8-10,12-13,19H2,1-3H3,(H,20,23). The van der Waals surface area contributed by atoms with Gasteiger partial charge in [-0.3, -0.25) is 9.69 Å². The molecule has 1 atom stereocenters. The molecule has 0 aliphatic carbocycles. The second-order valence-electron chi connectivity index (χ2n) is 6.23. The highest BCUT2D eigenvalue weighted by Gasteiger charge is 2.11. The van der Waals surface area contributed by atoms with Crippen LogP contribution in [-0.4, -0.2) is 42.2 Å². The molecule has 5 nitrogen and oxygen atoms in total. The zero-order valence-electron chi connectivity index (χ0n) is 14.6. The van der Waals surface area contributed by atoms with Crippen molar-refractivity contribution in [1.82, 2.24) is 4.90 Å². The lowest BCUT2D eigenvalue weighted by Gasteiger charge is -2.20. The first kappa shape index (κ1) is 19.5. The van der Waals surface area contributed by atoms with Crippen molar-refractivity contribution in [1.29, 1.82) is 0 Å². The van der Waals surface area contributed by atoms with E-state index < -0.39 is 0 Å². The Kier molecular flexibility index (Phi) is 8.66. The van der Waals surface area contributed by atoms with Crippen molar-refractivity contribution in [3.8, 4) is 0 Å². The van der Waals surface area contributed by atoms with Gasteiger partial charge in [0, 0.05) is 18.0 Å². The number of nitrogens with one attached hydrogen (secondary N) is 1. The van der Waals surface area contributed by atoms with Gasteiger partial charge in [0.1, 0.15) is 0 Å². The van der Waals surface area contributed by atoms with E-state index in [1.54, 1.807) is 0 Å². The molecule has 23 heavy (non-hydrogen) atoms. The molecule has 0 aliphatic heterocycles. The molecule has 0 aromatic heterocycles. The van der Waals surface area contributed by atoms with Crippen molar-refractivity contribution < 1.29 is 9.90 Å². The van der Waals surface area contributed by atoms with Crippen LogP contribution < -0.4 is 11.1 Å². The van der Waals surface area contributed by atoms with Crippen LogP contribution in [0, 0.1) is 5.92 Å². The maximum atomic E-state index is 12.2. The first-order valence-corrected chi connectivity index (χ1v) is 8.51. The predicted molar refractivity (Wildman–Crippen MR) is 96.5 cm³/mol. The number of aliphatic hydroxyl groups is 1. The molecule has 0 saturated carbocycles. The molecule has 1 unspecified atom stereocenters. The van der Waals surface area contributed by atoms with E-state index in [-0.39, 0.29) is 18.4 Å². The van der Waals surface area contributed by atoms with Crippen LogP contribution in [0.5, 0.6) is 0 Å². The maximum absolute atomic E-state index is 12.2. The fourth-order valence-corrected chi connectivity index (χ4v) is 2.61. The van der Waals surface area contributed by atoms with Crippen LogP contribution in [-0.2, 0) is 11.2 Å². The number of carbonyl (C=O) groups excluding carboxylic acids is 1. The summed E-state index contributed by atoms with van der Waals surface area (Å²) in [7, 11) is 0. The van der Waals surface area contributed by atoms with Crippen LogP contribution in [0.15, 0.2) is 18.2 Å². The van der Waals surface area contributed by atoms with Gasteiger partial charge in [-0.1, -0.05) is 20.8 Å². The highest BCUT2D eigenvalue weighted by molar-refractivity contribution is 5.92.